The molecule has 0 spiro atoms. The van der Waals surface area contributed by atoms with Crippen LogP contribution in [-0.2, 0) is 53.7 Å². The van der Waals surface area contributed by atoms with Crippen molar-refractivity contribution in [3.63, 3.8) is 0 Å². The number of nitrogens with one attached hydrogen (secondary N) is 1. The molecule has 7 atom stereocenters. The molecule has 0 unspecified atom stereocenters. The van der Waals surface area contributed by atoms with Gasteiger partial charge in [-0.25, -0.2) is 9.78 Å². The number of methoxy groups -OCH3 is 1. The zero-order valence-corrected chi connectivity index (χ0v) is 41.0. The van der Waals surface area contributed by atoms with Crippen molar-refractivity contribution in [3.05, 3.63) is 115 Å². The van der Waals surface area contributed by atoms with Crippen molar-refractivity contribution in [1.29, 1.82) is 0 Å². The second kappa shape index (κ2) is 18.7. The van der Waals surface area contributed by atoms with Crippen LogP contribution in [0.2, 0.25) is 0 Å². The number of Topliss-reactive ketones (excluding diaryl/α,β-unsaturated/α-hetero) is 1. The third-order valence-electron chi connectivity index (χ3n) is 14.6. The number of para-hydroxylation sites is 1. The van der Waals surface area contributed by atoms with Gasteiger partial charge in [0.2, 0.25) is 5.78 Å². The average molecular weight is 974 g/mol. The van der Waals surface area contributed by atoms with Gasteiger partial charge in [-0.1, -0.05) is 58.0 Å². The summed E-state index contributed by atoms with van der Waals surface area (Å²) >= 11 is 0. The molecule has 2 aromatic heterocycles. The first-order valence-electron chi connectivity index (χ1n) is 24.1. The van der Waals surface area contributed by atoms with Gasteiger partial charge in [0.05, 0.1) is 71.1 Å². The molecular weight excluding hydrogens is 915 g/mol. The third-order valence-corrected chi connectivity index (χ3v) is 14.6. The number of carbonyl (C=O) groups is 4. The Balaban J connectivity index is 0.000000187. The molecule has 1 saturated heterocycles. The van der Waals surface area contributed by atoms with Crippen molar-refractivity contribution >= 4 is 34.2 Å². The number of nitrogens with zero attached hydrogens (tertiary/aromatic N) is 2. The van der Waals surface area contributed by atoms with Crippen LogP contribution in [0.5, 0.6) is 17.2 Å². The Morgan fingerprint density at radius 1 is 0.958 bits per heavy atom. The lowest BCUT2D eigenvalue weighted by Crippen LogP contribution is -2.52. The monoisotopic (exact) mass is 973 g/mol. The number of ketones is 3. The van der Waals surface area contributed by atoms with Crippen molar-refractivity contribution in [2.24, 2.45) is 5.92 Å². The van der Waals surface area contributed by atoms with E-state index in [-0.39, 0.29) is 76.8 Å². The summed E-state index contributed by atoms with van der Waals surface area (Å²) in [5, 5.41) is 48.7. The molecular formula is C54H59N3O14. The summed E-state index contributed by atoms with van der Waals surface area (Å²) in [6.45, 7) is 13.1. The highest BCUT2D eigenvalue weighted by molar-refractivity contribution is 6.31. The van der Waals surface area contributed by atoms with Crippen molar-refractivity contribution in [2.75, 3.05) is 13.7 Å². The van der Waals surface area contributed by atoms with E-state index in [1.807, 2.05) is 71.9 Å². The normalized spacial score (nSPS) is 25.1. The van der Waals surface area contributed by atoms with E-state index in [1.54, 1.807) is 4.57 Å². The number of carbonyl (C=O) groups excluding carboxylic acids is 4. The first kappa shape index (κ1) is 49.6. The van der Waals surface area contributed by atoms with Crippen molar-refractivity contribution in [2.45, 2.75) is 135 Å². The predicted octanol–water partition coefficient (Wildman–Crippen LogP) is 5.83. The quantitative estimate of drug-likeness (QED) is 0.0800. The molecule has 5 aliphatic rings. The molecule has 374 valence electrons. The second-order valence-electron chi connectivity index (χ2n) is 19.7. The zero-order valence-electron chi connectivity index (χ0n) is 41.0. The molecule has 0 saturated carbocycles. The summed E-state index contributed by atoms with van der Waals surface area (Å²) in [7, 11) is 1.35. The molecule has 17 heteroatoms. The number of fused-ring (bicyclic) bond motifs is 8. The van der Waals surface area contributed by atoms with Crippen LogP contribution in [0, 0.1) is 5.92 Å². The highest BCUT2D eigenvalue weighted by atomic mass is 16.7. The minimum atomic E-state index is -2.18. The molecule has 17 nitrogen and oxygen atoms in total. The molecule has 0 radical (unpaired) electrons. The lowest BCUT2D eigenvalue weighted by Gasteiger charge is -2.43. The van der Waals surface area contributed by atoms with Crippen LogP contribution in [0.15, 0.2) is 59.4 Å². The van der Waals surface area contributed by atoms with Crippen molar-refractivity contribution < 1.29 is 63.3 Å². The molecule has 10 rings (SSSR count). The minimum Gasteiger partial charge on any atom is -0.507 e. The number of hydrogen-bond acceptors (Lipinski definition) is 16. The van der Waals surface area contributed by atoms with Gasteiger partial charge in [-0.3, -0.25) is 19.2 Å². The Kier molecular flexibility index (Phi) is 13.1. The number of phenolic OH excluding ortho intramolecular Hbond substituents is 2. The van der Waals surface area contributed by atoms with E-state index in [0.29, 0.717) is 30.5 Å². The maximum absolute atomic E-state index is 13.8. The smallest absolute Gasteiger partial charge is 0.343 e. The summed E-state index contributed by atoms with van der Waals surface area (Å²) in [5.74, 6) is -3.77. The number of ether oxygens (including phenoxy) is 5. The number of pyridine rings is 2. The van der Waals surface area contributed by atoms with Gasteiger partial charge in [0.15, 0.2) is 23.5 Å². The van der Waals surface area contributed by atoms with Gasteiger partial charge in [-0.15, -0.1) is 0 Å². The standard InChI is InChI=1S/C31H37NO10.C23H22N2O4/c1-13(2)32-18-9-22(41-15(4)14(18)3)42-20-11-31(39,21(34)12-33)10-17-24(20)30(38)26-25(28(17)36)27(35)16-7-6-8-19(40-5)23(16)29(26)37;1-4-23(29-13(2)3)17-10-19-20-15(9-14-7-5-6-8-18(14)24-20)11-25(19)21(26)16(17)12-28-22(23)27/h6-8,13-15,18,20,22,32-33,36,38-39H,9-12H2,1-5H3;5-10,13H,4,11-12H2,1-3H3/t14-,15+,18+,20+,22+,31+;23-/m10/s1. The third kappa shape index (κ3) is 8.21. The van der Waals surface area contributed by atoms with E-state index in [9.17, 15) is 44.4 Å². The number of cyclic esters (lactones) is 1. The highest BCUT2D eigenvalue weighted by Crippen LogP contribution is 2.53. The molecule has 5 aromatic rings. The molecule has 3 aliphatic heterocycles. The molecule has 3 aromatic carbocycles. The van der Waals surface area contributed by atoms with Crippen LogP contribution >= 0.6 is 0 Å². The van der Waals surface area contributed by atoms with E-state index in [2.05, 4.69) is 18.3 Å². The van der Waals surface area contributed by atoms with Crippen LogP contribution in [0.25, 0.3) is 22.3 Å². The molecule has 71 heavy (non-hydrogen) atoms. The number of aliphatic hydroxyl groups excluding tert-OH is 1. The van der Waals surface area contributed by atoms with Gasteiger partial charge >= 0.3 is 5.97 Å². The highest BCUT2D eigenvalue weighted by Gasteiger charge is 2.51. The summed E-state index contributed by atoms with van der Waals surface area (Å²) in [5.41, 5.74) is -0.138. The van der Waals surface area contributed by atoms with E-state index in [4.69, 9.17) is 28.7 Å². The van der Waals surface area contributed by atoms with Gasteiger partial charge in [0.1, 0.15) is 36.1 Å². The maximum atomic E-state index is 13.8. The summed E-state index contributed by atoms with van der Waals surface area (Å²) in [4.78, 5) is 71.1. The molecule has 0 amide bonds. The molecule has 5 N–H and O–H groups in total. The summed E-state index contributed by atoms with van der Waals surface area (Å²) in [6.07, 6.45) is -2.62. The van der Waals surface area contributed by atoms with E-state index in [1.165, 1.54) is 25.3 Å². The Morgan fingerprint density at radius 2 is 1.69 bits per heavy atom. The first-order chi connectivity index (χ1) is 33.8. The lowest BCUT2D eigenvalue weighted by molar-refractivity contribution is -0.239. The summed E-state index contributed by atoms with van der Waals surface area (Å²) < 4.78 is 31.0. The van der Waals surface area contributed by atoms with Gasteiger partial charge in [0, 0.05) is 64.5 Å². The topological polar surface area (TPSA) is 242 Å². The largest absolute Gasteiger partial charge is 0.507 e. The fraction of sp³-hybridized carbons (Fsp3) is 0.444. The Morgan fingerprint density at radius 3 is 2.38 bits per heavy atom. The van der Waals surface area contributed by atoms with Gasteiger partial charge in [-0.05, 0) is 57.4 Å². The van der Waals surface area contributed by atoms with Gasteiger partial charge in [-0.2, -0.15) is 0 Å². The molecule has 0 bridgehead atoms. The number of phenols is 2. The fourth-order valence-electron chi connectivity index (χ4n) is 11.0. The number of esters is 1. The second-order valence-corrected chi connectivity index (χ2v) is 19.7. The van der Waals surface area contributed by atoms with Crippen molar-refractivity contribution in [1.82, 2.24) is 14.9 Å². The molecule has 1 fully saturated rings. The van der Waals surface area contributed by atoms with Crippen LogP contribution in [0.4, 0.5) is 0 Å². The van der Waals surface area contributed by atoms with E-state index in [0.717, 1.165) is 27.9 Å². The van der Waals surface area contributed by atoms with Crippen LogP contribution in [-0.4, -0.2) is 103 Å². The average Bonchev–Trinajstić information content (AvgIpc) is 3.70. The van der Waals surface area contributed by atoms with Gasteiger partial charge in [0.25, 0.3) is 5.56 Å². The number of aromatic nitrogens is 2. The fourth-order valence-corrected chi connectivity index (χ4v) is 11.0. The van der Waals surface area contributed by atoms with Crippen molar-refractivity contribution in [3.8, 4) is 28.6 Å². The Bertz CT molecular complexity index is 3090. The number of rotatable bonds is 10. The number of benzene rings is 3. The van der Waals surface area contributed by atoms with E-state index >= 15 is 0 Å². The Hall–Kier alpha value is -6.34. The number of hydrogen-bond donors (Lipinski definition) is 5. The SMILES string of the molecule is CC[C@@]1(OC(C)C)C(=O)OCc2c1cc1n(c2=O)Cc2cc3ccccc3nc2-1.COc1cccc2c1C(=O)c1c(O)c3c(c(O)c1C2=O)C[C@@](O)(C(=O)CO)C[C@@H]3O[C@H]1C[C@H](NC(C)C)[C@H](C)[C@H](C)O1. The Labute approximate surface area is 409 Å². The van der Waals surface area contributed by atoms with Crippen LogP contribution < -0.4 is 15.6 Å². The van der Waals surface area contributed by atoms with E-state index < -0.39 is 82.6 Å². The molecule has 5 heterocycles. The zero-order chi connectivity index (χ0) is 51.0. The summed E-state index contributed by atoms with van der Waals surface area (Å²) in [6, 6.07) is 16.6. The molecule has 2 aliphatic carbocycles. The van der Waals surface area contributed by atoms with Gasteiger partial charge < -0.3 is 54.0 Å². The minimum absolute atomic E-state index is 0.00784. The predicted molar refractivity (Wildman–Crippen MR) is 258 cm³/mol. The first-order valence-corrected chi connectivity index (χ1v) is 24.1. The lowest BCUT2D eigenvalue weighted by atomic mass is 9.72. The van der Waals surface area contributed by atoms with Crippen LogP contribution in [0.1, 0.15) is 133 Å². The number of aromatic hydroxyl groups is 2. The van der Waals surface area contributed by atoms with Crippen LogP contribution in [0.3, 0.4) is 0 Å². The maximum Gasteiger partial charge on any atom is 0.343 e. The number of aliphatic hydroxyl groups is 2.